The van der Waals surface area contributed by atoms with Gasteiger partial charge in [-0.25, -0.2) is 0 Å². The van der Waals surface area contributed by atoms with Gasteiger partial charge in [0, 0.05) is 52.4 Å². The van der Waals surface area contributed by atoms with Crippen LogP contribution in [0.25, 0.3) is 0 Å². The molecule has 1 aliphatic carbocycles. The van der Waals surface area contributed by atoms with Crippen LogP contribution in [0.15, 0.2) is 4.99 Å². The van der Waals surface area contributed by atoms with Gasteiger partial charge in [-0.15, -0.1) is 0 Å². The number of rotatable bonds is 5. The molecule has 5 heteroatoms. The van der Waals surface area contributed by atoms with Gasteiger partial charge >= 0.3 is 0 Å². The summed E-state index contributed by atoms with van der Waals surface area (Å²) < 4.78 is 0. The SMILES string of the molecule is CCNC(=NCCN1CCN(CC)CC1)N1CCC2(CCCCC2)C1. The second-order valence-corrected chi connectivity index (χ2v) is 8.24. The number of aliphatic imine (C=N–C) groups is 1. The average molecular weight is 350 g/mol. The molecule has 0 aromatic rings. The summed E-state index contributed by atoms with van der Waals surface area (Å²) in [6, 6.07) is 0. The maximum atomic E-state index is 4.98. The third-order valence-electron chi connectivity index (χ3n) is 6.58. The van der Waals surface area contributed by atoms with Crippen LogP contribution in [0.3, 0.4) is 0 Å². The van der Waals surface area contributed by atoms with Crippen molar-refractivity contribution in [3.63, 3.8) is 0 Å². The Morgan fingerprint density at radius 3 is 2.32 bits per heavy atom. The van der Waals surface area contributed by atoms with E-state index in [-0.39, 0.29) is 0 Å². The fourth-order valence-electron chi connectivity index (χ4n) is 4.88. The molecule has 1 saturated carbocycles. The van der Waals surface area contributed by atoms with Crippen molar-refractivity contribution < 1.29 is 0 Å². The van der Waals surface area contributed by atoms with Crippen LogP contribution in [0.2, 0.25) is 0 Å². The highest BCUT2D eigenvalue weighted by molar-refractivity contribution is 5.80. The van der Waals surface area contributed by atoms with Gasteiger partial charge in [-0.3, -0.25) is 9.89 Å². The van der Waals surface area contributed by atoms with Crippen molar-refractivity contribution in [1.29, 1.82) is 0 Å². The molecule has 0 radical (unpaired) electrons. The Labute approximate surface area is 154 Å². The highest BCUT2D eigenvalue weighted by Crippen LogP contribution is 2.43. The van der Waals surface area contributed by atoms with Gasteiger partial charge in [0.05, 0.1) is 6.54 Å². The van der Waals surface area contributed by atoms with Crippen LogP contribution in [0, 0.1) is 5.41 Å². The lowest BCUT2D eigenvalue weighted by atomic mass is 9.73. The van der Waals surface area contributed by atoms with E-state index in [2.05, 4.69) is 33.9 Å². The number of hydrogen-bond donors (Lipinski definition) is 1. The molecule has 1 N–H and O–H groups in total. The van der Waals surface area contributed by atoms with Crippen molar-refractivity contribution in [2.24, 2.45) is 10.4 Å². The van der Waals surface area contributed by atoms with Crippen molar-refractivity contribution in [2.75, 3.05) is 65.4 Å². The highest BCUT2D eigenvalue weighted by Gasteiger charge is 2.39. The van der Waals surface area contributed by atoms with E-state index in [0.29, 0.717) is 5.41 Å². The van der Waals surface area contributed by atoms with Gasteiger partial charge < -0.3 is 15.1 Å². The lowest BCUT2D eigenvalue weighted by Gasteiger charge is -2.34. The predicted octanol–water partition coefficient (Wildman–Crippen LogP) is 2.25. The first-order valence-corrected chi connectivity index (χ1v) is 10.7. The van der Waals surface area contributed by atoms with E-state index in [1.807, 2.05) is 0 Å². The van der Waals surface area contributed by atoms with E-state index >= 15 is 0 Å². The molecule has 2 saturated heterocycles. The zero-order valence-corrected chi connectivity index (χ0v) is 16.6. The topological polar surface area (TPSA) is 34.1 Å². The van der Waals surface area contributed by atoms with Crippen LogP contribution < -0.4 is 5.32 Å². The molecular formula is C20H39N5. The van der Waals surface area contributed by atoms with Crippen molar-refractivity contribution in [1.82, 2.24) is 20.0 Å². The number of guanidine groups is 1. The molecule has 25 heavy (non-hydrogen) atoms. The van der Waals surface area contributed by atoms with E-state index < -0.39 is 0 Å². The lowest BCUT2D eigenvalue weighted by Crippen LogP contribution is -2.47. The Kier molecular flexibility index (Phi) is 7.00. The summed E-state index contributed by atoms with van der Waals surface area (Å²) in [4.78, 5) is 12.6. The molecule has 0 aromatic carbocycles. The first-order valence-electron chi connectivity index (χ1n) is 10.7. The maximum absolute atomic E-state index is 4.98. The standard InChI is InChI=1S/C20H39N5/c1-3-21-19(22-11-13-24-16-14-23(4-2)15-17-24)25-12-10-20(18-25)8-6-5-7-9-20/h3-18H2,1-2H3,(H,21,22). The van der Waals surface area contributed by atoms with Crippen LogP contribution >= 0.6 is 0 Å². The fourth-order valence-corrected chi connectivity index (χ4v) is 4.88. The molecule has 0 amide bonds. The first kappa shape index (κ1) is 19.0. The molecule has 0 aromatic heterocycles. The largest absolute Gasteiger partial charge is 0.357 e. The monoisotopic (exact) mass is 349 g/mol. The number of likely N-dealkylation sites (N-methyl/N-ethyl adjacent to an activating group) is 1. The van der Waals surface area contributed by atoms with Gasteiger partial charge in [0.1, 0.15) is 0 Å². The molecule has 3 rings (SSSR count). The zero-order valence-electron chi connectivity index (χ0n) is 16.6. The third-order valence-corrected chi connectivity index (χ3v) is 6.58. The van der Waals surface area contributed by atoms with Crippen LogP contribution in [-0.4, -0.2) is 86.1 Å². The second kappa shape index (κ2) is 9.22. The van der Waals surface area contributed by atoms with Crippen LogP contribution in [-0.2, 0) is 0 Å². The average Bonchev–Trinajstić information content (AvgIpc) is 3.05. The Bertz CT molecular complexity index is 422. The van der Waals surface area contributed by atoms with Gasteiger partial charge in [-0.05, 0) is 38.1 Å². The Morgan fingerprint density at radius 2 is 1.64 bits per heavy atom. The summed E-state index contributed by atoms with van der Waals surface area (Å²) in [6.45, 7) is 15.9. The third kappa shape index (κ3) is 5.10. The van der Waals surface area contributed by atoms with Crippen molar-refractivity contribution >= 4 is 5.96 Å². The summed E-state index contributed by atoms with van der Waals surface area (Å²) in [6.07, 6.45) is 8.56. The van der Waals surface area contributed by atoms with Crippen LogP contribution in [0.1, 0.15) is 52.4 Å². The highest BCUT2D eigenvalue weighted by atomic mass is 15.3. The number of nitrogens with one attached hydrogen (secondary N) is 1. The normalized spacial score (nSPS) is 25.7. The van der Waals surface area contributed by atoms with Gasteiger partial charge in [-0.2, -0.15) is 0 Å². The summed E-state index contributed by atoms with van der Waals surface area (Å²) in [5, 5.41) is 3.55. The Balaban J connectivity index is 1.48. The summed E-state index contributed by atoms with van der Waals surface area (Å²) in [7, 11) is 0. The molecule has 0 atom stereocenters. The molecule has 3 aliphatic rings. The van der Waals surface area contributed by atoms with Crippen molar-refractivity contribution in [3.8, 4) is 0 Å². The summed E-state index contributed by atoms with van der Waals surface area (Å²) in [5.41, 5.74) is 0.602. The molecule has 5 nitrogen and oxygen atoms in total. The van der Waals surface area contributed by atoms with E-state index in [1.165, 1.54) is 84.3 Å². The number of piperazine rings is 1. The summed E-state index contributed by atoms with van der Waals surface area (Å²) in [5.74, 6) is 1.16. The molecule has 144 valence electrons. The number of nitrogens with zero attached hydrogens (tertiary/aromatic N) is 4. The quantitative estimate of drug-likeness (QED) is 0.610. The van der Waals surface area contributed by atoms with E-state index in [0.717, 1.165) is 25.6 Å². The van der Waals surface area contributed by atoms with Gasteiger partial charge in [0.15, 0.2) is 5.96 Å². The van der Waals surface area contributed by atoms with Gasteiger partial charge in [-0.1, -0.05) is 26.2 Å². The zero-order chi connectivity index (χ0) is 17.5. The van der Waals surface area contributed by atoms with Crippen molar-refractivity contribution in [3.05, 3.63) is 0 Å². The molecule has 3 fully saturated rings. The molecule has 2 aliphatic heterocycles. The maximum Gasteiger partial charge on any atom is 0.193 e. The van der Waals surface area contributed by atoms with Crippen LogP contribution in [0.4, 0.5) is 0 Å². The Morgan fingerprint density at radius 1 is 0.920 bits per heavy atom. The smallest absolute Gasteiger partial charge is 0.193 e. The molecule has 0 unspecified atom stereocenters. The van der Waals surface area contributed by atoms with Gasteiger partial charge in [0.2, 0.25) is 0 Å². The van der Waals surface area contributed by atoms with E-state index in [1.54, 1.807) is 0 Å². The molecule has 2 heterocycles. The molecule has 1 spiro atoms. The van der Waals surface area contributed by atoms with E-state index in [4.69, 9.17) is 4.99 Å². The minimum Gasteiger partial charge on any atom is -0.357 e. The molecule has 0 bridgehead atoms. The first-order chi connectivity index (χ1) is 12.2. The van der Waals surface area contributed by atoms with E-state index in [9.17, 15) is 0 Å². The molecular weight excluding hydrogens is 310 g/mol. The predicted molar refractivity (Wildman–Crippen MR) is 106 cm³/mol. The minimum absolute atomic E-state index is 0.602. The van der Waals surface area contributed by atoms with Crippen LogP contribution in [0.5, 0.6) is 0 Å². The lowest BCUT2D eigenvalue weighted by molar-refractivity contribution is 0.140. The summed E-state index contributed by atoms with van der Waals surface area (Å²) >= 11 is 0. The van der Waals surface area contributed by atoms with Crippen molar-refractivity contribution in [2.45, 2.75) is 52.4 Å². The minimum atomic E-state index is 0.602. The Hall–Kier alpha value is -0.810. The fraction of sp³-hybridized carbons (Fsp3) is 0.950. The van der Waals surface area contributed by atoms with Gasteiger partial charge in [0.25, 0.3) is 0 Å². The number of likely N-dealkylation sites (tertiary alicyclic amines) is 1. The number of hydrogen-bond acceptors (Lipinski definition) is 3. The second-order valence-electron chi connectivity index (χ2n) is 8.24.